The minimum absolute atomic E-state index is 0.150. The summed E-state index contributed by atoms with van der Waals surface area (Å²) in [6, 6.07) is 8.04. The van der Waals surface area contributed by atoms with Gasteiger partial charge in [-0.05, 0) is 51.7 Å². The summed E-state index contributed by atoms with van der Waals surface area (Å²) in [7, 11) is 0. The summed E-state index contributed by atoms with van der Waals surface area (Å²) in [5, 5.41) is 4.32. The Kier molecular flexibility index (Phi) is 6.77. The summed E-state index contributed by atoms with van der Waals surface area (Å²) in [4.78, 5) is 18.0. The zero-order chi connectivity index (χ0) is 21.7. The second-order valence-electron chi connectivity index (χ2n) is 8.55. The first-order valence-corrected chi connectivity index (χ1v) is 10.2. The molecule has 3 rings (SSSR count). The Labute approximate surface area is 177 Å². The monoisotopic (exact) mass is 413 g/mol. The van der Waals surface area contributed by atoms with Crippen LogP contribution in [0.2, 0.25) is 0 Å². The van der Waals surface area contributed by atoms with Gasteiger partial charge in [-0.2, -0.15) is 5.10 Å². The summed E-state index contributed by atoms with van der Waals surface area (Å²) in [6.07, 6.45) is 5.06. The van der Waals surface area contributed by atoms with E-state index in [2.05, 4.69) is 10.1 Å². The SMILES string of the molecule is Cc1cn(N=Cc2ccc(COC3CCN(C(=O)OC(C)(C)C)CC3)cc2)c(N)n1. The van der Waals surface area contributed by atoms with Gasteiger partial charge in [-0.25, -0.2) is 14.5 Å². The zero-order valence-electron chi connectivity index (χ0n) is 18.2. The number of ether oxygens (including phenoxy) is 2. The van der Waals surface area contributed by atoms with E-state index < -0.39 is 5.60 Å². The molecule has 1 aromatic carbocycles. The third kappa shape index (κ3) is 6.32. The smallest absolute Gasteiger partial charge is 0.410 e. The van der Waals surface area contributed by atoms with Crippen LogP contribution in [0, 0.1) is 6.92 Å². The maximum atomic E-state index is 12.1. The van der Waals surface area contributed by atoms with Crippen LogP contribution in [0.25, 0.3) is 0 Å². The molecule has 8 nitrogen and oxygen atoms in total. The predicted molar refractivity (Wildman–Crippen MR) is 116 cm³/mol. The van der Waals surface area contributed by atoms with Crippen LogP contribution in [0.3, 0.4) is 0 Å². The van der Waals surface area contributed by atoms with Gasteiger partial charge < -0.3 is 20.1 Å². The number of piperidine rings is 1. The number of hydrogen-bond acceptors (Lipinski definition) is 6. The number of benzene rings is 1. The van der Waals surface area contributed by atoms with Gasteiger partial charge in [0.2, 0.25) is 5.95 Å². The molecule has 0 unspecified atom stereocenters. The molecule has 0 bridgehead atoms. The number of nitrogens with zero attached hydrogens (tertiary/aromatic N) is 4. The van der Waals surface area contributed by atoms with Gasteiger partial charge in [0.05, 0.1) is 30.8 Å². The summed E-state index contributed by atoms with van der Waals surface area (Å²) in [6.45, 7) is 9.38. The van der Waals surface area contributed by atoms with E-state index in [1.165, 1.54) is 0 Å². The van der Waals surface area contributed by atoms with Gasteiger partial charge in [0.1, 0.15) is 5.60 Å². The number of anilines is 1. The summed E-state index contributed by atoms with van der Waals surface area (Å²) in [5.41, 5.74) is 8.21. The van der Waals surface area contributed by atoms with Crippen LogP contribution in [0.1, 0.15) is 50.4 Å². The number of nitrogen functional groups attached to an aromatic ring is 1. The van der Waals surface area contributed by atoms with Crippen LogP contribution in [-0.4, -0.2) is 51.7 Å². The highest BCUT2D eigenvalue weighted by atomic mass is 16.6. The van der Waals surface area contributed by atoms with E-state index in [9.17, 15) is 4.79 Å². The number of aryl methyl sites for hydroxylation is 1. The fraction of sp³-hybridized carbons (Fsp3) is 0.500. The Morgan fingerprint density at radius 3 is 2.50 bits per heavy atom. The quantitative estimate of drug-likeness (QED) is 0.756. The predicted octanol–water partition coefficient (Wildman–Crippen LogP) is 3.57. The molecular weight excluding hydrogens is 382 g/mol. The lowest BCUT2D eigenvalue weighted by Crippen LogP contribution is -2.43. The molecular formula is C22H31N5O3. The van der Waals surface area contributed by atoms with Crippen LogP contribution < -0.4 is 5.73 Å². The number of rotatable bonds is 5. The van der Waals surface area contributed by atoms with Gasteiger partial charge in [-0.1, -0.05) is 24.3 Å². The molecule has 0 spiro atoms. The number of carbonyl (C=O) groups is 1. The van der Waals surface area contributed by atoms with E-state index in [4.69, 9.17) is 15.2 Å². The summed E-state index contributed by atoms with van der Waals surface area (Å²) < 4.78 is 13.0. The molecule has 0 atom stereocenters. The molecule has 2 aromatic rings. The number of hydrogen-bond donors (Lipinski definition) is 1. The van der Waals surface area contributed by atoms with E-state index in [0.29, 0.717) is 25.6 Å². The second kappa shape index (κ2) is 9.30. The topological polar surface area (TPSA) is 95.0 Å². The Hall–Kier alpha value is -2.87. The van der Waals surface area contributed by atoms with Crippen LogP contribution >= 0.6 is 0 Å². The molecule has 2 heterocycles. The Morgan fingerprint density at radius 2 is 1.93 bits per heavy atom. The molecule has 1 fully saturated rings. The third-order valence-electron chi connectivity index (χ3n) is 4.73. The van der Waals surface area contributed by atoms with E-state index >= 15 is 0 Å². The highest BCUT2D eigenvalue weighted by Gasteiger charge is 2.27. The van der Waals surface area contributed by atoms with Crippen LogP contribution in [0.5, 0.6) is 0 Å². The van der Waals surface area contributed by atoms with Crippen molar-refractivity contribution in [3.05, 3.63) is 47.3 Å². The lowest BCUT2D eigenvalue weighted by atomic mass is 10.1. The van der Waals surface area contributed by atoms with E-state index in [0.717, 1.165) is 29.7 Å². The van der Waals surface area contributed by atoms with Gasteiger partial charge in [0, 0.05) is 13.1 Å². The first-order valence-electron chi connectivity index (χ1n) is 10.2. The standard InChI is InChI=1S/C22H31N5O3/c1-16-14-27(20(23)25-16)24-13-17-5-7-18(8-6-17)15-29-19-9-11-26(12-10-19)21(28)30-22(2,3)4/h5-8,13-14,19H,9-12,15H2,1-4H3,(H2,23,25). The normalized spacial score (nSPS) is 15.7. The number of aromatic nitrogens is 2. The van der Waals surface area contributed by atoms with E-state index in [-0.39, 0.29) is 12.2 Å². The van der Waals surface area contributed by atoms with Crippen molar-refractivity contribution in [1.29, 1.82) is 0 Å². The molecule has 1 saturated heterocycles. The molecule has 8 heteroatoms. The number of carbonyl (C=O) groups excluding carboxylic acids is 1. The second-order valence-corrected chi connectivity index (χ2v) is 8.55. The van der Waals surface area contributed by atoms with Crippen molar-refractivity contribution < 1.29 is 14.3 Å². The Bertz CT molecular complexity index is 875. The highest BCUT2D eigenvalue weighted by Crippen LogP contribution is 2.18. The summed E-state index contributed by atoms with van der Waals surface area (Å²) >= 11 is 0. The molecule has 1 aliphatic heterocycles. The maximum Gasteiger partial charge on any atom is 0.410 e. The van der Waals surface area contributed by atoms with Crippen LogP contribution in [0.15, 0.2) is 35.6 Å². The number of nitrogens with two attached hydrogens (primary N) is 1. The van der Waals surface area contributed by atoms with Crippen molar-refractivity contribution in [3.63, 3.8) is 0 Å². The molecule has 0 radical (unpaired) electrons. The molecule has 0 saturated carbocycles. The minimum atomic E-state index is -0.467. The van der Waals surface area contributed by atoms with Gasteiger partial charge in [-0.3, -0.25) is 0 Å². The van der Waals surface area contributed by atoms with Crippen molar-refractivity contribution in [2.24, 2.45) is 5.10 Å². The number of imidazole rings is 1. The van der Waals surface area contributed by atoms with Gasteiger partial charge in [-0.15, -0.1) is 0 Å². The fourth-order valence-electron chi connectivity index (χ4n) is 3.17. The van der Waals surface area contributed by atoms with Crippen molar-refractivity contribution in [2.75, 3.05) is 18.8 Å². The largest absolute Gasteiger partial charge is 0.444 e. The highest BCUT2D eigenvalue weighted by molar-refractivity contribution is 5.79. The first kappa shape index (κ1) is 21.8. The van der Waals surface area contributed by atoms with Gasteiger partial charge in [0.25, 0.3) is 0 Å². The van der Waals surface area contributed by atoms with E-state index in [1.807, 2.05) is 52.0 Å². The van der Waals surface area contributed by atoms with E-state index in [1.54, 1.807) is 22.0 Å². The van der Waals surface area contributed by atoms with Crippen molar-refractivity contribution in [2.45, 2.75) is 58.8 Å². The third-order valence-corrected chi connectivity index (χ3v) is 4.73. The minimum Gasteiger partial charge on any atom is -0.444 e. The molecule has 30 heavy (non-hydrogen) atoms. The lowest BCUT2D eigenvalue weighted by molar-refractivity contribution is -0.0170. The molecule has 1 amide bonds. The maximum absolute atomic E-state index is 12.1. The Balaban J connectivity index is 1.43. The Morgan fingerprint density at radius 1 is 1.27 bits per heavy atom. The number of amides is 1. The van der Waals surface area contributed by atoms with Crippen LogP contribution in [-0.2, 0) is 16.1 Å². The molecule has 2 N–H and O–H groups in total. The van der Waals surface area contributed by atoms with Gasteiger partial charge in [0.15, 0.2) is 0 Å². The fourth-order valence-corrected chi connectivity index (χ4v) is 3.17. The van der Waals surface area contributed by atoms with Crippen LogP contribution in [0.4, 0.5) is 10.7 Å². The average Bonchev–Trinajstić information content (AvgIpc) is 3.01. The first-order chi connectivity index (χ1) is 14.2. The number of likely N-dealkylation sites (tertiary alicyclic amines) is 1. The molecule has 0 aliphatic carbocycles. The van der Waals surface area contributed by atoms with Crippen molar-refractivity contribution >= 4 is 18.3 Å². The zero-order valence-corrected chi connectivity index (χ0v) is 18.2. The average molecular weight is 414 g/mol. The molecule has 1 aliphatic rings. The summed E-state index contributed by atoms with van der Waals surface area (Å²) in [5.74, 6) is 0.367. The molecule has 162 valence electrons. The van der Waals surface area contributed by atoms with Crippen molar-refractivity contribution in [3.8, 4) is 0 Å². The van der Waals surface area contributed by atoms with Gasteiger partial charge >= 0.3 is 6.09 Å². The molecule has 1 aromatic heterocycles. The lowest BCUT2D eigenvalue weighted by Gasteiger charge is -2.33. The van der Waals surface area contributed by atoms with Crippen molar-refractivity contribution in [1.82, 2.24) is 14.6 Å².